The summed E-state index contributed by atoms with van der Waals surface area (Å²) in [6.45, 7) is 3.15. The lowest BCUT2D eigenvalue weighted by Crippen LogP contribution is -2.32. The fourth-order valence-corrected chi connectivity index (χ4v) is 3.71. The number of aromatic amines is 1. The minimum absolute atomic E-state index is 0.124. The van der Waals surface area contributed by atoms with Crippen molar-refractivity contribution in [3.05, 3.63) is 105 Å². The molecule has 33 heavy (non-hydrogen) atoms. The van der Waals surface area contributed by atoms with Crippen LogP contribution in [0.2, 0.25) is 5.02 Å². The number of ether oxygens (including phenoxy) is 1. The Morgan fingerprint density at radius 1 is 1.06 bits per heavy atom. The molecule has 1 heterocycles. The summed E-state index contributed by atoms with van der Waals surface area (Å²) in [6, 6.07) is 21.9. The number of nitrogens with zero attached hydrogens (tertiary/aromatic N) is 2. The average Bonchev–Trinajstić information content (AvgIpc) is 2.83. The van der Waals surface area contributed by atoms with E-state index in [1.807, 2.05) is 49.4 Å². The Labute approximate surface area is 196 Å². The van der Waals surface area contributed by atoms with Crippen LogP contribution in [0.15, 0.2) is 77.6 Å². The molecule has 0 aliphatic rings. The Morgan fingerprint density at radius 3 is 2.55 bits per heavy atom. The first kappa shape index (κ1) is 22.6. The van der Waals surface area contributed by atoms with Crippen molar-refractivity contribution in [1.29, 1.82) is 0 Å². The first-order valence-electron chi connectivity index (χ1n) is 10.8. The topological polar surface area (TPSA) is 75.3 Å². The second-order valence-electron chi connectivity index (χ2n) is 7.70. The third kappa shape index (κ3) is 5.59. The number of amides is 1. The lowest BCUT2D eigenvalue weighted by molar-refractivity contribution is 0.0739. The number of aromatic nitrogens is 2. The fraction of sp³-hybridized carbons (Fsp3) is 0.192. The van der Waals surface area contributed by atoms with Gasteiger partial charge in [0.2, 0.25) is 0 Å². The molecule has 0 saturated heterocycles. The van der Waals surface area contributed by atoms with Gasteiger partial charge < -0.3 is 14.6 Å². The third-order valence-electron chi connectivity index (χ3n) is 5.19. The Bertz CT molecular complexity index is 1300. The van der Waals surface area contributed by atoms with Crippen molar-refractivity contribution in [2.75, 3.05) is 6.54 Å². The predicted molar refractivity (Wildman–Crippen MR) is 130 cm³/mol. The lowest BCUT2D eigenvalue weighted by atomic mass is 10.1. The molecule has 0 fully saturated rings. The predicted octanol–water partition coefficient (Wildman–Crippen LogP) is 5.21. The van der Waals surface area contributed by atoms with Crippen LogP contribution in [0, 0.1) is 0 Å². The van der Waals surface area contributed by atoms with E-state index in [0.29, 0.717) is 40.5 Å². The number of fused-ring (bicyclic) bond motifs is 1. The van der Waals surface area contributed by atoms with Gasteiger partial charge in [-0.2, -0.15) is 0 Å². The number of carbonyl (C=O) groups excluding carboxylic acids is 1. The molecule has 0 bridgehead atoms. The molecule has 0 aliphatic heterocycles. The van der Waals surface area contributed by atoms with E-state index < -0.39 is 0 Å². The van der Waals surface area contributed by atoms with Gasteiger partial charge in [-0.1, -0.05) is 48.9 Å². The SMILES string of the molecule is CCCN(Cc1nc2cc(Cl)ccc2c(=O)[nH]1)C(=O)c1ccc(COc2ccccc2)cc1. The second-order valence-corrected chi connectivity index (χ2v) is 8.14. The van der Waals surface area contributed by atoms with Crippen LogP contribution in [0.1, 0.15) is 35.1 Å². The van der Waals surface area contributed by atoms with E-state index in [9.17, 15) is 9.59 Å². The van der Waals surface area contributed by atoms with E-state index in [1.54, 1.807) is 35.2 Å². The lowest BCUT2D eigenvalue weighted by Gasteiger charge is -2.22. The number of benzene rings is 3. The molecular formula is C26H24ClN3O3. The number of para-hydroxylation sites is 1. The summed E-state index contributed by atoms with van der Waals surface area (Å²) in [5, 5.41) is 0.967. The molecule has 0 radical (unpaired) electrons. The maximum atomic E-state index is 13.2. The van der Waals surface area contributed by atoms with Crippen LogP contribution in [0.5, 0.6) is 5.75 Å². The summed E-state index contributed by atoms with van der Waals surface area (Å²) in [4.78, 5) is 34.6. The molecule has 1 aromatic heterocycles. The molecule has 6 nitrogen and oxygen atoms in total. The van der Waals surface area contributed by atoms with Crippen molar-refractivity contribution in [2.24, 2.45) is 0 Å². The smallest absolute Gasteiger partial charge is 0.258 e. The van der Waals surface area contributed by atoms with Gasteiger partial charge in [-0.3, -0.25) is 9.59 Å². The van der Waals surface area contributed by atoms with E-state index in [4.69, 9.17) is 16.3 Å². The summed E-state index contributed by atoms with van der Waals surface area (Å²) in [5.74, 6) is 1.09. The highest BCUT2D eigenvalue weighted by molar-refractivity contribution is 6.31. The highest BCUT2D eigenvalue weighted by Gasteiger charge is 2.17. The fourth-order valence-electron chi connectivity index (χ4n) is 3.55. The summed E-state index contributed by atoms with van der Waals surface area (Å²) in [6.07, 6.45) is 0.776. The van der Waals surface area contributed by atoms with Gasteiger partial charge in [0.1, 0.15) is 18.2 Å². The van der Waals surface area contributed by atoms with Crippen molar-refractivity contribution >= 4 is 28.4 Å². The highest BCUT2D eigenvalue weighted by Crippen LogP contribution is 2.17. The third-order valence-corrected chi connectivity index (χ3v) is 5.42. The zero-order chi connectivity index (χ0) is 23.2. The number of halogens is 1. The molecule has 0 saturated carbocycles. The van der Waals surface area contributed by atoms with Gasteiger partial charge >= 0.3 is 0 Å². The molecule has 1 N–H and O–H groups in total. The van der Waals surface area contributed by atoms with E-state index in [0.717, 1.165) is 17.7 Å². The summed E-state index contributed by atoms with van der Waals surface area (Å²) in [5.41, 5.74) is 1.79. The number of carbonyl (C=O) groups is 1. The molecule has 168 valence electrons. The van der Waals surface area contributed by atoms with Crippen LogP contribution in [0.4, 0.5) is 0 Å². The van der Waals surface area contributed by atoms with E-state index >= 15 is 0 Å². The Balaban J connectivity index is 1.49. The monoisotopic (exact) mass is 461 g/mol. The van der Waals surface area contributed by atoms with Crippen molar-refractivity contribution in [3.63, 3.8) is 0 Å². The maximum Gasteiger partial charge on any atom is 0.258 e. The van der Waals surface area contributed by atoms with Gasteiger partial charge in [0, 0.05) is 17.1 Å². The number of H-pyrrole nitrogens is 1. The molecule has 0 spiro atoms. The van der Waals surface area contributed by atoms with Crippen molar-refractivity contribution in [2.45, 2.75) is 26.5 Å². The molecule has 0 unspecified atom stereocenters. The van der Waals surface area contributed by atoms with Gasteiger partial charge in [-0.25, -0.2) is 4.98 Å². The summed E-state index contributed by atoms with van der Waals surface area (Å²) in [7, 11) is 0. The standard InChI is InChI=1S/C26H24ClN3O3/c1-2-14-30(16-24-28-23-15-20(27)12-13-22(23)25(31)29-24)26(32)19-10-8-18(9-11-19)17-33-21-6-4-3-5-7-21/h3-13,15H,2,14,16-17H2,1H3,(H,28,29,31). The number of nitrogens with one attached hydrogen (secondary N) is 1. The molecule has 0 aliphatic carbocycles. The van der Waals surface area contributed by atoms with Crippen LogP contribution in [0.3, 0.4) is 0 Å². The largest absolute Gasteiger partial charge is 0.489 e. The van der Waals surface area contributed by atoms with E-state index in [2.05, 4.69) is 9.97 Å². The first-order valence-corrected chi connectivity index (χ1v) is 11.2. The second kappa shape index (κ2) is 10.3. The van der Waals surface area contributed by atoms with Gasteiger partial charge in [0.15, 0.2) is 0 Å². The molecule has 0 atom stereocenters. The molecular weight excluding hydrogens is 438 g/mol. The van der Waals surface area contributed by atoms with Gasteiger partial charge in [0.25, 0.3) is 11.5 Å². The molecule has 4 aromatic rings. The molecule has 3 aromatic carbocycles. The minimum atomic E-state index is -0.252. The van der Waals surface area contributed by atoms with Crippen LogP contribution in [-0.2, 0) is 13.2 Å². The number of hydrogen-bond donors (Lipinski definition) is 1. The summed E-state index contributed by atoms with van der Waals surface area (Å²) >= 11 is 6.05. The first-order chi connectivity index (χ1) is 16.0. The zero-order valence-corrected chi connectivity index (χ0v) is 19.0. The quantitative estimate of drug-likeness (QED) is 0.391. The average molecular weight is 462 g/mol. The van der Waals surface area contributed by atoms with Crippen LogP contribution < -0.4 is 10.3 Å². The number of rotatable bonds is 8. The maximum absolute atomic E-state index is 13.2. The van der Waals surface area contributed by atoms with Crippen molar-refractivity contribution in [3.8, 4) is 5.75 Å². The van der Waals surface area contributed by atoms with Crippen molar-refractivity contribution in [1.82, 2.24) is 14.9 Å². The Kier molecular flexibility index (Phi) is 7.05. The zero-order valence-electron chi connectivity index (χ0n) is 18.3. The summed E-state index contributed by atoms with van der Waals surface area (Å²) < 4.78 is 5.77. The molecule has 4 rings (SSSR count). The van der Waals surface area contributed by atoms with Gasteiger partial charge in [-0.05, 0) is 54.4 Å². The van der Waals surface area contributed by atoms with Gasteiger partial charge in [0.05, 0.1) is 17.4 Å². The van der Waals surface area contributed by atoms with Crippen molar-refractivity contribution < 1.29 is 9.53 Å². The molecule has 7 heteroatoms. The highest BCUT2D eigenvalue weighted by atomic mass is 35.5. The number of hydrogen-bond acceptors (Lipinski definition) is 4. The van der Waals surface area contributed by atoms with Crippen LogP contribution >= 0.6 is 11.6 Å². The Hall–Kier alpha value is -3.64. The van der Waals surface area contributed by atoms with E-state index in [1.165, 1.54) is 0 Å². The van der Waals surface area contributed by atoms with E-state index in [-0.39, 0.29) is 18.0 Å². The normalized spacial score (nSPS) is 10.8. The van der Waals surface area contributed by atoms with Crippen LogP contribution in [0.25, 0.3) is 10.9 Å². The minimum Gasteiger partial charge on any atom is -0.489 e. The molecule has 1 amide bonds. The van der Waals surface area contributed by atoms with Gasteiger partial charge in [-0.15, -0.1) is 0 Å². The van der Waals surface area contributed by atoms with Crippen LogP contribution in [-0.4, -0.2) is 27.3 Å². The Morgan fingerprint density at radius 2 is 1.82 bits per heavy atom.